The van der Waals surface area contributed by atoms with E-state index in [4.69, 9.17) is 5.84 Å². The lowest BCUT2D eigenvalue weighted by atomic mass is 10.3. The summed E-state index contributed by atoms with van der Waals surface area (Å²) >= 11 is 1.85. The summed E-state index contributed by atoms with van der Waals surface area (Å²) in [5.74, 6) is 6.34. The standard InChI is InChI=1S/C5H14N2S/c1-5(7-6)3-4-8-2/h5,7H,3-4,6H2,1-2H3/t5-/m1/s1. The molecule has 2 nitrogen and oxygen atoms in total. The van der Waals surface area contributed by atoms with Gasteiger partial charge in [-0.25, -0.2) is 0 Å². The first-order chi connectivity index (χ1) is 3.81. The Morgan fingerprint density at radius 3 is 2.75 bits per heavy atom. The molecular weight excluding hydrogens is 120 g/mol. The third kappa shape index (κ3) is 4.43. The van der Waals surface area contributed by atoms with Crippen LogP contribution in [0, 0.1) is 0 Å². The SMILES string of the molecule is CSCC[C@@H](C)NN. The highest BCUT2D eigenvalue weighted by Gasteiger charge is 1.94. The Hall–Kier alpha value is 0.270. The summed E-state index contributed by atoms with van der Waals surface area (Å²) < 4.78 is 0. The number of thioether (sulfide) groups is 1. The second-order valence-corrected chi connectivity index (χ2v) is 2.83. The van der Waals surface area contributed by atoms with Crippen LogP contribution in [0.2, 0.25) is 0 Å². The average Bonchev–Trinajstić information content (AvgIpc) is 1.83. The molecule has 0 aromatic carbocycles. The molecule has 0 heterocycles. The Kier molecular flexibility index (Phi) is 5.59. The number of nitrogens with two attached hydrogens (primary N) is 1. The molecular formula is C5H14N2S. The number of hydrazine groups is 1. The number of hydrogen-bond donors (Lipinski definition) is 2. The van der Waals surface area contributed by atoms with Gasteiger partial charge in [-0.1, -0.05) is 0 Å². The van der Waals surface area contributed by atoms with E-state index in [-0.39, 0.29) is 0 Å². The molecule has 1 atom stereocenters. The van der Waals surface area contributed by atoms with E-state index in [0.717, 1.165) is 6.42 Å². The minimum atomic E-state index is 0.461. The van der Waals surface area contributed by atoms with Crippen molar-refractivity contribution < 1.29 is 0 Å². The van der Waals surface area contributed by atoms with Gasteiger partial charge in [0, 0.05) is 6.04 Å². The first-order valence-corrected chi connectivity index (χ1v) is 4.15. The van der Waals surface area contributed by atoms with Crippen molar-refractivity contribution in [2.45, 2.75) is 19.4 Å². The molecule has 0 aliphatic carbocycles. The van der Waals surface area contributed by atoms with E-state index in [2.05, 4.69) is 18.6 Å². The minimum absolute atomic E-state index is 0.461. The fraction of sp³-hybridized carbons (Fsp3) is 1.00. The van der Waals surface area contributed by atoms with Gasteiger partial charge in [0.1, 0.15) is 0 Å². The molecule has 0 saturated heterocycles. The lowest BCUT2D eigenvalue weighted by Crippen LogP contribution is -2.32. The summed E-state index contributed by atoms with van der Waals surface area (Å²) in [7, 11) is 0. The molecule has 8 heavy (non-hydrogen) atoms. The van der Waals surface area contributed by atoms with Crippen LogP contribution in [0.5, 0.6) is 0 Å². The molecule has 0 fully saturated rings. The first kappa shape index (κ1) is 8.27. The maximum absolute atomic E-state index is 5.15. The lowest BCUT2D eigenvalue weighted by Gasteiger charge is -2.06. The summed E-state index contributed by atoms with van der Waals surface area (Å²) in [6, 6.07) is 0.461. The van der Waals surface area contributed by atoms with Crippen LogP contribution in [0.4, 0.5) is 0 Å². The zero-order valence-electron chi connectivity index (χ0n) is 5.48. The Balaban J connectivity index is 2.86. The minimum Gasteiger partial charge on any atom is -0.271 e. The van der Waals surface area contributed by atoms with E-state index in [0.29, 0.717) is 6.04 Å². The highest BCUT2D eigenvalue weighted by atomic mass is 32.2. The Bertz CT molecular complexity index is 49.7. The van der Waals surface area contributed by atoms with Crippen molar-refractivity contribution in [3.05, 3.63) is 0 Å². The lowest BCUT2D eigenvalue weighted by molar-refractivity contribution is 0.559. The predicted octanol–water partition coefficient (Wildman–Crippen LogP) is 0.591. The van der Waals surface area contributed by atoms with E-state index in [1.54, 1.807) is 0 Å². The second kappa shape index (κ2) is 5.41. The van der Waals surface area contributed by atoms with E-state index in [1.807, 2.05) is 11.8 Å². The fourth-order valence-electron chi connectivity index (χ4n) is 0.378. The fourth-order valence-corrected chi connectivity index (χ4v) is 0.967. The van der Waals surface area contributed by atoms with E-state index < -0.39 is 0 Å². The Morgan fingerprint density at radius 1 is 1.75 bits per heavy atom. The number of nitrogens with one attached hydrogen (secondary N) is 1. The highest BCUT2D eigenvalue weighted by molar-refractivity contribution is 7.98. The van der Waals surface area contributed by atoms with Gasteiger partial charge < -0.3 is 0 Å². The van der Waals surface area contributed by atoms with Gasteiger partial charge in [-0.05, 0) is 25.4 Å². The third-order valence-electron chi connectivity index (χ3n) is 1.04. The maximum atomic E-state index is 5.15. The van der Waals surface area contributed by atoms with E-state index >= 15 is 0 Å². The van der Waals surface area contributed by atoms with Crippen LogP contribution < -0.4 is 11.3 Å². The highest BCUT2D eigenvalue weighted by Crippen LogP contribution is 1.97. The van der Waals surface area contributed by atoms with Gasteiger partial charge in [-0.2, -0.15) is 11.8 Å². The number of hydrogen-bond acceptors (Lipinski definition) is 3. The number of rotatable bonds is 4. The molecule has 50 valence electrons. The largest absolute Gasteiger partial charge is 0.271 e. The van der Waals surface area contributed by atoms with Crippen LogP contribution in [0.1, 0.15) is 13.3 Å². The van der Waals surface area contributed by atoms with Crippen molar-refractivity contribution in [1.29, 1.82) is 0 Å². The predicted molar refractivity (Wildman–Crippen MR) is 39.8 cm³/mol. The van der Waals surface area contributed by atoms with Crippen LogP contribution in [0.25, 0.3) is 0 Å². The van der Waals surface area contributed by atoms with Gasteiger partial charge in [-0.15, -0.1) is 0 Å². The molecule has 0 aromatic rings. The first-order valence-electron chi connectivity index (χ1n) is 2.76. The topological polar surface area (TPSA) is 38.0 Å². The van der Waals surface area contributed by atoms with Crippen LogP contribution in [-0.2, 0) is 0 Å². The maximum Gasteiger partial charge on any atom is 0.0190 e. The van der Waals surface area contributed by atoms with Gasteiger partial charge in [0.25, 0.3) is 0 Å². The smallest absolute Gasteiger partial charge is 0.0190 e. The summed E-state index contributed by atoms with van der Waals surface area (Å²) in [5, 5.41) is 0. The van der Waals surface area contributed by atoms with Gasteiger partial charge in [0.05, 0.1) is 0 Å². The molecule has 0 aliphatic rings. The molecule has 0 rings (SSSR count). The molecule has 0 aliphatic heterocycles. The second-order valence-electron chi connectivity index (χ2n) is 1.85. The molecule has 0 unspecified atom stereocenters. The Morgan fingerprint density at radius 2 is 2.38 bits per heavy atom. The molecule has 0 spiro atoms. The summed E-state index contributed by atoms with van der Waals surface area (Å²) in [6.45, 7) is 2.08. The normalized spacial score (nSPS) is 13.9. The van der Waals surface area contributed by atoms with Gasteiger partial charge in [0.15, 0.2) is 0 Å². The van der Waals surface area contributed by atoms with Gasteiger partial charge >= 0.3 is 0 Å². The molecule has 0 radical (unpaired) electrons. The monoisotopic (exact) mass is 134 g/mol. The third-order valence-corrected chi connectivity index (χ3v) is 1.68. The quantitative estimate of drug-likeness (QED) is 0.436. The van der Waals surface area contributed by atoms with Crippen molar-refractivity contribution >= 4 is 11.8 Å². The molecule has 0 aromatic heterocycles. The summed E-state index contributed by atoms with van der Waals surface area (Å²) in [5.41, 5.74) is 2.69. The zero-order chi connectivity index (χ0) is 6.41. The summed E-state index contributed by atoms with van der Waals surface area (Å²) in [4.78, 5) is 0. The van der Waals surface area contributed by atoms with Crippen molar-refractivity contribution in [1.82, 2.24) is 5.43 Å². The van der Waals surface area contributed by atoms with Crippen LogP contribution in [0.3, 0.4) is 0 Å². The van der Waals surface area contributed by atoms with Crippen LogP contribution in [0.15, 0.2) is 0 Å². The Labute approximate surface area is 55.2 Å². The van der Waals surface area contributed by atoms with Crippen LogP contribution in [-0.4, -0.2) is 18.1 Å². The molecule has 0 saturated carbocycles. The van der Waals surface area contributed by atoms with Gasteiger partial charge in [-0.3, -0.25) is 11.3 Å². The zero-order valence-corrected chi connectivity index (χ0v) is 6.29. The molecule has 0 bridgehead atoms. The van der Waals surface area contributed by atoms with Crippen molar-refractivity contribution in [2.75, 3.05) is 12.0 Å². The molecule has 3 heteroatoms. The van der Waals surface area contributed by atoms with E-state index in [1.165, 1.54) is 5.75 Å². The average molecular weight is 134 g/mol. The van der Waals surface area contributed by atoms with E-state index in [9.17, 15) is 0 Å². The van der Waals surface area contributed by atoms with Crippen molar-refractivity contribution in [2.24, 2.45) is 5.84 Å². The molecule has 0 amide bonds. The molecule has 3 N–H and O–H groups in total. The summed E-state index contributed by atoms with van der Waals surface area (Å²) in [6.07, 6.45) is 3.25. The van der Waals surface area contributed by atoms with Gasteiger partial charge in [0.2, 0.25) is 0 Å². The van der Waals surface area contributed by atoms with Crippen LogP contribution >= 0.6 is 11.8 Å². The van der Waals surface area contributed by atoms with Crippen molar-refractivity contribution in [3.8, 4) is 0 Å². The van der Waals surface area contributed by atoms with Crippen molar-refractivity contribution in [3.63, 3.8) is 0 Å².